The second kappa shape index (κ2) is 11.0. The minimum absolute atomic E-state index is 0.0111. The number of ether oxygens (including phenoxy) is 2. The van der Waals surface area contributed by atoms with Crippen molar-refractivity contribution in [1.82, 2.24) is 0 Å². The zero-order valence-corrected chi connectivity index (χ0v) is 16.7. The quantitative estimate of drug-likeness (QED) is 0.208. The Balaban J connectivity index is 2.09. The second-order valence-electron chi connectivity index (χ2n) is 6.40. The summed E-state index contributed by atoms with van der Waals surface area (Å²) in [5.74, 6) is -7.10. The van der Waals surface area contributed by atoms with E-state index >= 15 is 0 Å². The van der Waals surface area contributed by atoms with Crippen molar-refractivity contribution >= 4 is 36.0 Å². The van der Waals surface area contributed by atoms with Crippen LogP contribution in [0.2, 0.25) is 0 Å². The van der Waals surface area contributed by atoms with Crippen molar-refractivity contribution in [2.45, 2.75) is 12.2 Å². The number of carbonyl (C=O) groups is 4. The van der Waals surface area contributed by atoms with Crippen LogP contribution in [0.4, 0.5) is 0 Å². The number of phenolic OH excluding ortho intramolecular Hbond substituents is 3. The highest BCUT2D eigenvalue weighted by atomic mass is 16.6. The van der Waals surface area contributed by atoms with Crippen LogP contribution in [0, 0.1) is 0 Å². The van der Waals surface area contributed by atoms with E-state index in [1.165, 1.54) is 36.4 Å². The third-order valence-corrected chi connectivity index (χ3v) is 3.96. The van der Waals surface area contributed by atoms with Crippen molar-refractivity contribution in [3.63, 3.8) is 0 Å². The molecule has 172 valence electrons. The van der Waals surface area contributed by atoms with Crippen LogP contribution in [-0.2, 0) is 28.7 Å². The lowest BCUT2D eigenvalue weighted by atomic mass is 10.2. The minimum atomic E-state index is -2.36. The Bertz CT molecular complexity index is 1100. The van der Waals surface area contributed by atoms with Gasteiger partial charge in [-0.2, -0.15) is 0 Å². The first-order chi connectivity index (χ1) is 15.6. The van der Waals surface area contributed by atoms with Crippen molar-refractivity contribution in [2.75, 3.05) is 0 Å². The molecular weight excluding hydrogens is 440 g/mol. The van der Waals surface area contributed by atoms with E-state index < -0.39 is 47.6 Å². The third-order valence-electron chi connectivity index (χ3n) is 3.96. The summed E-state index contributed by atoms with van der Waals surface area (Å²) >= 11 is 0. The van der Waals surface area contributed by atoms with E-state index in [1.807, 2.05) is 0 Å². The van der Waals surface area contributed by atoms with Crippen LogP contribution >= 0.6 is 0 Å². The van der Waals surface area contributed by atoms with Gasteiger partial charge in [-0.05, 0) is 47.5 Å². The van der Waals surface area contributed by atoms with Gasteiger partial charge in [-0.25, -0.2) is 19.2 Å². The molecule has 0 heterocycles. The fourth-order valence-electron chi connectivity index (χ4n) is 2.37. The molecule has 0 bridgehead atoms. The Kier molecular flexibility index (Phi) is 8.16. The molecule has 0 aliphatic rings. The van der Waals surface area contributed by atoms with Gasteiger partial charge in [0.1, 0.15) is 5.75 Å². The average molecular weight is 458 g/mol. The van der Waals surface area contributed by atoms with Gasteiger partial charge >= 0.3 is 23.9 Å². The second-order valence-corrected chi connectivity index (χ2v) is 6.40. The summed E-state index contributed by atoms with van der Waals surface area (Å²) in [6, 6.07) is 9.18. The highest BCUT2D eigenvalue weighted by Crippen LogP contribution is 2.25. The van der Waals surface area contributed by atoms with Crippen molar-refractivity contribution in [2.24, 2.45) is 0 Å². The molecule has 33 heavy (non-hydrogen) atoms. The zero-order valence-electron chi connectivity index (χ0n) is 16.7. The molecule has 0 spiro atoms. The molecular formula is C22H18O11. The Labute approximate surface area is 186 Å². The van der Waals surface area contributed by atoms with Gasteiger partial charge < -0.3 is 35.0 Å². The topological polar surface area (TPSA) is 188 Å². The number of hydrogen-bond donors (Lipinski definition) is 5. The van der Waals surface area contributed by atoms with Crippen molar-refractivity contribution < 1.29 is 54.2 Å². The summed E-state index contributed by atoms with van der Waals surface area (Å²) in [7, 11) is 0. The number of carboxylic acids is 2. The number of hydrogen-bond acceptors (Lipinski definition) is 9. The van der Waals surface area contributed by atoms with Crippen molar-refractivity contribution in [3.8, 4) is 17.2 Å². The number of rotatable bonds is 9. The van der Waals surface area contributed by atoms with Crippen molar-refractivity contribution in [3.05, 3.63) is 65.7 Å². The molecule has 5 N–H and O–H groups in total. The molecule has 0 unspecified atom stereocenters. The van der Waals surface area contributed by atoms with Crippen LogP contribution < -0.4 is 0 Å². The van der Waals surface area contributed by atoms with Crippen LogP contribution in [0.1, 0.15) is 11.1 Å². The van der Waals surface area contributed by atoms with Crippen molar-refractivity contribution in [1.29, 1.82) is 0 Å². The first-order valence-electron chi connectivity index (χ1n) is 9.11. The van der Waals surface area contributed by atoms with Crippen LogP contribution in [-0.4, -0.2) is 61.6 Å². The van der Waals surface area contributed by atoms with Crippen LogP contribution in [0.15, 0.2) is 54.6 Å². The molecule has 0 aliphatic heterocycles. The largest absolute Gasteiger partial charge is 0.508 e. The van der Waals surface area contributed by atoms with Gasteiger partial charge in [0.2, 0.25) is 12.2 Å². The molecule has 11 heteroatoms. The first kappa shape index (κ1) is 24.5. The first-order valence-corrected chi connectivity index (χ1v) is 9.11. The summed E-state index contributed by atoms with van der Waals surface area (Å²) in [5, 5.41) is 46.5. The summed E-state index contributed by atoms with van der Waals surface area (Å²) in [4.78, 5) is 46.9. The van der Waals surface area contributed by atoms with Gasteiger partial charge in [0.25, 0.3) is 0 Å². The van der Waals surface area contributed by atoms with E-state index in [2.05, 4.69) is 9.47 Å². The van der Waals surface area contributed by atoms with E-state index in [-0.39, 0.29) is 11.3 Å². The Morgan fingerprint density at radius 3 is 1.58 bits per heavy atom. The number of carbonyl (C=O) groups excluding carboxylic acids is 2. The van der Waals surface area contributed by atoms with Gasteiger partial charge in [0.05, 0.1) is 0 Å². The summed E-state index contributed by atoms with van der Waals surface area (Å²) < 4.78 is 9.30. The fraction of sp³-hybridized carbons (Fsp3) is 0.0909. The number of phenols is 3. The van der Waals surface area contributed by atoms with Crippen LogP contribution in [0.3, 0.4) is 0 Å². The highest BCUT2D eigenvalue weighted by molar-refractivity contribution is 5.93. The minimum Gasteiger partial charge on any atom is -0.508 e. The van der Waals surface area contributed by atoms with Gasteiger partial charge in [-0.1, -0.05) is 18.2 Å². The maximum Gasteiger partial charge on any atom is 0.349 e. The van der Waals surface area contributed by atoms with Crippen LogP contribution in [0.5, 0.6) is 17.2 Å². The molecule has 0 aromatic heterocycles. The fourth-order valence-corrected chi connectivity index (χ4v) is 2.37. The number of esters is 2. The molecule has 0 amide bonds. The van der Waals surface area contributed by atoms with Crippen LogP contribution in [0.25, 0.3) is 12.2 Å². The average Bonchev–Trinajstić information content (AvgIpc) is 2.76. The lowest BCUT2D eigenvalue weighted by Crippen LogP contribution is -2.45. The normalized spacial score (nSPS) is 12.8. The smallest absolute Gasteiger partial charge is 0.349 e. The maximum atomic E-state index is 12.0. The lowest BCUT2D eigenvalue weighted by Gasteiger charge is -2.19. The van der Waals surface area contributed by atoms with Gasteiger partial charge in [-0.3, -0.25) is 0 Å². The number of carboxylic acid groups (broad SMARTS) is 2. The van der Waals surface area contributed by atoms with Gasteiger partial charge in [0, 0.05) is 12.2 Å². The Morgan fingerprint density at radius 2 is 1.12 bits per heavy atom. The molecule has 2 rings (SSSR count). The summed E-state index contributed by atoms with van der Waals surface area (Å²) in [6.45, 7) is 0. The molecule has 0 saturated heterocycles. The molecule has 0 aliphatic carbocycles. The Morgan fingerprint density at radius 1 is 0.667 bits per heavy atom. The molecule has 0 fully saturated rings. The number of aromatic hydroxyl groups is 3. The number of aliphatic carboxylic acids is 2. The lowest BCUT2D eigenvalue weighted by molar-refractivity contribution is -0.183. The molecule has 2 atom stereocenters. The van der Waals surface area contributed by atoms with E-state index in [0.29, 0.717) is 5.56 Å². The monoisotopic (exact) mass is 458 g/mol. The molecule has 0 radical (unpaired) electrons. The highest BCUT2D eigenvalue weighted by Gasteiger charge is 2.40. The van der Waals surface area contributed by atoms with E-state index in [0.717, 1.165) is 30.4 Å². The van der Waals surface area contributed by atoms with E-state index in [4.69, 9.17) is 0 Å². The molecule has 2 aromatic carbocycles. The Hall–Kier alpha value is -4.80. The van der Waals surface area contributed by atoms with E-state index in [1.54, 1.807) is 0 Å². The van der Waals surface area contributed by atoms with Gasteiger partial charge in [0.15, 0.2) is 11.5 Å². The molecule has 2 aromatic rings. The number of benzene rings is 2. The van der Waals surface area contributed by atoms with Gasteiger partial charge in [-0.15, -0.1) is 0 Å². The molecule has 11 nitrogen and oxygen atoms in total. The predicted molar refractivity (Wildman–Crippen MR) is 111 cm³/mol. The van der Waals surface area contributed by atoms with E-state index in [9.17, 15) is 44.7 Å². The SMILES string of the molecule is O=C(C=Cc1ccc(O)cc1)O[C@@H](C(=O)O)[C@@H](OC(=O)C=Cc1ccc(O)c(O)c1)C(=O)O. The third kappa shape index (κ3) is 7.43. The summed E-state index contributed by atoms with van der Waals surface area (Å²) in [5.41, 5.74) is 0.706. The predicted octanol–water partition coefficient (Wildman–Crippen LogP) is 1.52. The summed E-state index contributed by atoms with van der Waals surface area (Å²) in [6.07, 6.45) is -0.776. The standard InChI is InChI=1S/C22H18O11/c23-14-6-1-12(2-7-14)4-9-17(26)32-19(21(28)29)20(22(30)31)33-18(27)10-5-13-3-8-15(24)16(25)11-13/h1-11,19-20,23-25H,(H,28,29)(H,30,31)/t19-,20-/m1/s1. The zero-order chi connectivity index (χ0) is 24.5. The maximum absolute atomic E-state index is 12.0. The molecule has 0 saturated carbocycles.